The number of carbonyl (C=O) groups is 1. The third kappa shape index (κ3) is 2.26. The van der Waals surface area contributed by atoms with Crippen molar-refractivity contribution < 1.29 is 4.79 Å². The van der Waals surface area contributed by atoms with Crippen LogP contribution in [-0.4, -0.2) is 12.5 Å². The smallest absolute Gasteiger partial charge is 0.244 e. The van der Waals surface area contributed by atoms with E-state index in [0.717, 1.165) is 21.5 Å². The normalized spacial score (nSPS) is 13.4. The van der Waals surface area contributed by atoms with E-state index in [4.69, 9.17) is 5.26 Å². The van der Waals surface area contributed by atoms with Crippen LogP contribution in [-0.2, 0) is 4.79 Å². The maximum absolute atomic E-state index is 11.8. The fourth-order valence-corrected chi connectivity index (χ4v) is 2.61. The van der Waals surface area contributed by atoms with Gasteiger partial charge in [0.05, 0.1) is 23.0 Å². The first-order chi connectivity index (χ1) is 9.67. The monoisotopic (exact) mass is 327 g/mol. The number of nitrogens with one attached hydrogen (secondary N) is 1. The molecule has 2 aromatic rings. The lowest BCUT2D eigenvalue weighted by Gasteiger charge is -2.31. The van der Waals surface area contributed by atoms with Crippen LogP contribution >= 0.6 is 15.9 Å². The number of anilines is 3. The minimum Gasteiger partial charge on any atom is -0.330 e. The first-order valence-corrected chi connectivity index (χ1v) is 6.84. The van der Waals surface area contributed by atoms with Crippen molar-refractivity contribution in [2.45, 2.75) is 0 Å². The molecule has 1 aliphatic heterocycles. The second-order valence-electron chi connectivity index (χ2n) is 4.46. The summed E-state index contributed by atoms with van der Waals surface area (Å²) in [4.78, 5) is 13.7. The van der Waals surface area contributed by atoms with Gasteiger partial charge in [-0.1, -0.05) is 22.0 Å². The number of carbonyl (C=O) groups excluding carboxylic acids is 1. The molecule has 0 spiro atoms. The average Bonchev–Trinajstić information content (AvgIpc) is 2.46. The van der Waals surface area contributed by atoms with Crippen molar-refractivity contribution in [2.24, 2.45) is 0 Å². The number of benzene rings is 2. The lowest BCUT2D eigenvalue weighted by Crippen LogP contribution is -2.35. The summed E-state index contributed by atoms with van der Waals surface area (Å²) >= 11 is 3.43. The first-order valence-electron chi connectivity index (χ1n) is 6.04. The van der Waals surface area contributed by atoms with Gasteiger partial charge in [-0.15, -0.1) is 0 Å². The molecule has 1 heterocycles. The van der Waals surface area contributed by atoms with Crippen LogP contribution in [0.1, 0.15) is 5.56 Å². The number of nitrogens with zero attached hydrogens (tertiary/aromatic N) is 2. The quantitative estimate of drug-likeness (QED) is 0.873. The summed E-state index contributed by atoms with van der Waals surface area (Å²) in [6, 6.07) is 15.1. The molecule has 0 saturated heterocycles. The molecule has 0 aromatic heterocycles. The highest BCUT2D eigenvalue weighted by Gasteiger charge is 2.23. The van der Waals surface area contributed by atoms with Gasteiger partial charge in [0, 0.05) is 10.2 Å². The molecule has 1 aliphatic rings. The van der Waals surface area contributed by atoms with E-state index in [0.29, 0.717) is 5.56 Å². The van der Waals surface area contributed by atoms with Crippen molar-refractivity contribution in [1.29, 1.82) is 5.26 Å². The van der Waals surface area contributed by atoms with Crippen molar-refractivity contribution in [3.63, 3.8) is 0 Å². The molecule has 0 radical (unpaired) electrons. The Morgan fingerprint density at radius 3 is 2.85 bits per heavy atom. The Kier molecular flexibility index (Phi) is 3.17. The van der Waals surface area contributed by atoms with E-state index in [2.05, 4.69) is 27.3 Å². The molecule has 20 heavy (non-hydrogen) atoms. The zero-order chi connectivity index (χ0) is 14.1. The molecule has 0 bridgehead atoms. The van der Waals surface area contributed by atoms with Crippen molar-refractivity contribution in [1.82, 2.24) is 0 Å². The van der Waals surface area contributed by atoms with Gasteiger partial charge < -0.3 is 10.2 Å². The Bertz CT molecular complexity index is 736. The van der Waals surface area contributed by atoms with E-state index in [1.54, 1.807) is 18.2 Å². The number of hydrogen-bond acceptors (Lipinski definition) is 3. The summed E-state index contributed by atoms with van der Waals surface area (Å²) in [5, 5.41) is 11.9. The topological polar surface area (TPSA) is 56.1 Å². The summed E-state index contributed by atoms with van der Waals surface area (Å²) in [7, 11) is 0. The van der Waals surface area contributed by atoms with E-state index in [1.165, 1.54) is 0 Å². The molecule has 2 aromatic carbocycles. The molecular weight excluding hydrogens is 318 g/mol. The van der Waals surface area contributed by atoms with E-state index >= 15 is 0 Å². The Labute approximate surface area is 124 Å². The van der Waals surface area contributed by atoms with Crippen molar-refractivity contribution >= 4 is 38.9 Å². The van der Waals surface area contributed by atoms with Crippen molar-refractivity contribution in [3.05, 3.63) is 52.5 Å². The van der Waals surface area contributed by atoms with Crippen LogP contribution in [0.2, 0.25) is 0 Å². The summed E-state index contributed by atoms with van der Waals surface area (Å²) in [6.07, 6.45) is 0. The van der Waals surface area contributed by atoms with Gasteiger partial charge in [0.1, 0.15) is 6.54 Å². The molecule has 0 fully saturated rings. The van der Waals surface area contributed by atoms with E-state index < -0.39 is 0 Å². The summed E-state index contributed by atoms with van der Waals surface area (Å²) in [5.74, 6) is -0.0674. The fraction of sp³-hybridized carbons (Fsp3) is 0.0667. The van der Waals surface area contributed by atoms with Gasteiger partial charge in [-0.3, -0.25) is 4.79 Å². The highest BCUT2D eigenvalue weighted by Crippen LogP contribution is 2.36. The van der Waals surface area contributed by atoms with Gasteiger partial charge in [0.15, 0.2) is 0 Å². The molecule has 3 rings (SSSR count). The molecule has 0 saturated carbocycles. The SMILES string of the molecule is N#Cc1ccc2c(c1)N(c1cccc(Br)c1)CC(=O)N2. The molecule has 1 N–H and O–H groups in total. The van der Waals surface area contributed by atoms with Gasteiger partial charge in [-0.25, -0.2) is 0 Å². The molecule has 0 aliphatic carbocycles. The number of nitriles is 1. The van der Waals surface area contributed by atoms with Crippen molar-refractivity contribution in [3.8, 4) is 6.07 Å². The number of amides is 1. The van der Waals surface area contributed by atoms with Crippen molar-refractivity contribution in [2.75, 3.05) is 16.8 Å². The van der Waals surface area contributed by atoms with Crippen LogP contribution < -0.4 is 10.2 Å². The molecule has 0 unspecified atom stereocenters. The second kappa shape index (κ2) is 4.99. The minimum atomic E-state index is -0.0674. The maximum atomic E-state index is 11.8. The first kappa shape index (κ1) is 12.7. The number of fused-ring (bicyclic) bond motifs is 1. The van der Waals surface area contributed by atoms with Gasteiger partial charge in [0.2, 0.25) is 5.91 Å². The van der Waals surface area contributed by atoms with Gasteiger partial charge in [0.25, 0.3) is 0 Å². The molecule has 0 atom stereocenters. The van der Waals surface area contributed by atoms with Crippen LogP contribution in [0, 0.1) is 11.3 Å². The largest absolute Gasteiger partial charge is 0.330 e. The zero-order valence-electron chi connectivity index (χ0n) is 10.4. The Balaban J connectivity index is 2.14. The zero-order valence-corrected chi connectivity index (χ0v) is 12.0. The molecule has 98 valence electrons. The summed E-state index contributed by atoms with van der Waals surface area (Å²) in [6.45, 7) is 0.234. The van der Waals surface area contributed by atoms with Gasteiger partial charge >= 0.3 is 0 Å². The lowest BCUT2D eigenvalue weighted by atomic mass is 10.1. The third-order valence-electron chi connectivity index (χ3n) is 3.11. The highest BCUT2D eigenvalue weighted by atomic mass is 79.9. The van der Waals surface area contributed by atoms with Crippen LogP contribution in [0.3, 0.4) is 0 Å². The average molecular weight is 328 g/mol. The number of halogens is 1. The predicted octanol–water partition coefficient (Wildman–Crippen LogP) is 3.41. The number of hydrogen-bond donors (Lipinski definition) is 1. The standard InChI is InChI=1S/C15H10BrN3O/c16-11-2-1-3-12(7-11)19-9-15(20)18-13-5-4-10(8-17)6-14(13)19/h1-7H,9H2,(H,18,20). The lowest BCUT2D eigenvalue weighted by molar-refractivity contribution is -0.115. The van der Waals surface area contributed by atoms with Crippen LogP contribution in [0.4, 0.5) is 17.1 Å². The number of rotatable bonds is 1. The molecule has 4 nitrogen and oxygen atoms in total. The van der Waals surface area contributed by atoms with Crippen LogP contribution in [0.25, 0.3) is 0 Å². The summed E-state index contributed by atoms with van der Waals surface area (Å²) < 4.78 is 0.943. The van der Waals surface area contributed by atoms with E-state index in [1.807, 2.05) is 29.2 Å². The van der Waals surface area contributed by atoms with Gasteiger partial charge in [-0.2, -0.15) is 5.26 Å². The van der Waals surface area contributed by atoms with Crippen LogP contribution in [0.15, 0.2) is 46.9 Å². The summed E-state index contributed by atoms with van der Waals surface area (Å²) in [5.41, 5.74) is 3.03. The Morgan fingerprint density at radius 2 is 2.10 bits per heavy atom. The second-order valence-corrected chi connectivity index (χ2v) is 5.37. The highest BCUT2D eigenvalue weighted by molar-refractivity contribution is 9.10. The van der Waals surface area contributed by atoms with E-state index in [9.17, 15) is 4.79 Å². The minimum absolute atomic E-state index is 0.0674. The Hall–Kier alpha value is -2.32. The molecule has 5 heteroatoms. The van der Waals surface area contributed by atoms with Gasteiger partial charge in [-0.05, 0) is 36.4 Å². The Morgan fingerprint density at radius 1 is 1.25 bits per heavy atom. The fourth-order valence-electron chi connectivity index (χ4n) is 2.22. The predicted molar refractivity (Wildman–Crippen MR) is 80.9 cm³/mol. The maximum Gasteiger partial charge on any atom is 0.244 e. The molecular formula is C15H10BrN3O. The molecule has 1 amide bonds. The van der Waals surface area contributed by atoms with E-state index in [-0.39, 0.29) is 12.5 Å². The van der Waals surface area contributed by atoms with Crippen LogP contribution in [0.5, 0.6) is 0 Å². The third-order valence-corrected chi connectivity index (χ3v) is 3.61.